The lowest BCUT2D eigenvalue weighted by Crippen LogP contribution is -2.43. The second-order valence-corrected chi connectivity index (χ2v) is 14.1. The van der Waals surface area contributed by atoms with Crippen LogP contribution >= 0.6 is 11.3 Å². The van der Waals surface area contributed by atoms with E-state index in [-0.39, 0.29) is 5.04 Å². The lowest BCUT2D eigenvalue weighted by molar-refractivity contribution is -0.0198. The van der Waals surface area contributed by atoms with Crippen LogP contribution in [0.5, 0.6) is 11.5 Å². The molecule has 5 heteroatoms. The van der Waals surface area contributed by atoms with Gasteiger partial charge in [0.15, 0.2) is 0 Å². The number of rotatable bonds is 2. The Morgan fingerprint density at radius 2 is 1.85 bits per heavy atom. The van der Waals surface area contributed by atoms with Crippen LogP contribution in [-0.4, -0.2) is 13.4 Å². The topological polar surface area (TPSA) is 38.7 Å². The predicted molar refractivity (Wildman–Crippen MR) is 111 cm³/mol. The number of hydrogen-bond acceptors (Lipinski definition) is 4. The van der Waals surface area contributed by atoms with Crippen LogP contribution < -0.4 is 9.16 Å². The van der Waals surface area contributed by atoms with Gasteiger partial charge in [-0.05, 0) is 36.3 Å². The zero-order chi connectivity index (χ0) is 18.7. The molecule has 0 saturated carbocycles. The van der Waals surface area contributed by atoms with Crippen molar-refractivity contribution < 1.29 is 14.3 Å². The Morgan fingerprint density at radius 1 is 1.12 bits per heavy atom. The van der Waals surface area contributed by atoms with Crippen molar-refractivity contribution in [2.45, 2.75) is 45.2 Å². The minimum Gasteiger partial charge on any atom is -0.543 e. The first kappa shape index (κ1) is 17.6. The summed E-state index contributed by atoms with van der Waals surface area (Å²) in [7, 11) is -1.92. The summed E-state index contributed by atoms with van der Waals surface area (Å²) in [5, 5.41) is 11.8. The molecule has 0 amide bonds. The van der Waals surface area contributed by atoms with Gasteiger partial charge in [-0.2, -0.15) is 0 Å². The first-order chi connectivity index (χ1) is 12.2. The summed E-state index contributed by atoms with van der Waals surface area (Å²) < 4.78 is 13.4. The van der Waals surface area contributed by atoms with Crippen molar-refractivity contribution >= 4 is 29.7 Å². The first-order valence-corrected chi connectivity index (χ1v) is 12.6. The van der Waals surface area contributed by atoms with Crippen molar-refractivity contribution in [3.05, 3.63) is 48.0 Å². The highest BCUT2D eigenvalue weighted by atomic mass is 32.1. The maximum absolute atomic E-state index is 10.6. The van der Waals surface area contributed by atoms with Gasteiger partial charge in [-0.25, -0.2) is 0 Å². The predicted octanol–water partition coefficient (Wildman–Crippen LogP) is 6.34. The minimum absolute atomic E-state index is 0.127. The lowest BCUT2D eigenvalue weighted by Gasteiger charge is -2.36. The SMILES string of the molecule is CC(C)(C)[Si](C)(C)Oc1ccc2c(c1)OC(O)c1c-2sc2ccccc12. The largest absolute Gasteiger partial charge is 0.543 e. The van der Waals surface area contributed by atoms with E-state index >= 15 is 0 Å². The Morgan fingerprint density at radius 3 is 2.58 bits per heavy atom. The van der Waals surface area contributed by atoms with Crippen LogP contribution in [0.25, 0.3) is 20.5 Å². The average molecular weight is 385 g/mol. The Labute approximate surface area is 159 Å². The monoisotopic (exact) mass is 384 g/mol. The molecule has 0 fully saturated rings. The highest BCUT2D eigenvalue weighted by molar-refractivity contribution is 7.22. The number of ether oxygens (including phenoxy) is 1. The fourth-order valence-corrected chi connectivity index (χ4v) is 5.26. The number of hydrogen-bond donors (Lipinski definition) is 1. The smallest absolute Gasteiger partial charge is 0.250 e. The quantitative estimate of drug-likeness (QED) is 0.524. The second-order valence-electron chi connectivity index (χ2n) is 8.33. The van der Waals surface area contributed by atoms with Crippen molar-refractivity contribution in [2.24, 2.45) is 0 Å². The molecule has 26 heavy (non-hydrogen) atoms. The van der Waals surface area contributed by atoms with Crippen LogP contribution in [0.4, 0.5) is 0 Å². The lowest BCUT2D eigenvalue weighted by atomic mass is 10.0. The fourth-order valence-electron chi connectivity index (χ4n) is 2.99. The Kier molecular flexibility index (Phi) is 3.95. The van der Waals surface area contributed by atoms with Crippen molar-refractivity contribution in [3.8, 4) is 21.9 Å². The van der Waals surface area contributed by atoms with Crippen molar-refractivity contribution in [1.29, 1.82) is 0 Å². The highest BCUT2D eigenvalue weighted by Crippen LogP contribution is 2.50. The second kappa shape index (κ2) is 5.84. The van der Waals surface area contributed by atoms with Crippen molar-refractivity contribution in [2.75, 3.05) is 0 Å². The van der Waals surface area contributed by atoms with E-state index in [4.69, 9.17) is 9.16 Å². The molecule has 2 heterocycles. The summed E-state index contributed by atoms with van der Waals surface area (Å²) in [5.74, 6) is 1.50. The van der Waals surface area contributed by atoms with Gasteiger partial charge in [0.05, 0.1) is 0 Å². The molecular formula is C21H24O3SSi. The van der Waals surface area contributed by atoms with E-state index in [9.17, 15) is 5.11 Å². The van der Waals surface area contributed by atoms with Gasteiger partial charge in [-0.1, -0.05) is 39.0 Å². The summed E-state index contributed by atoms with van der Waals surface area (Å²) in [6.45, 7) is 11.1. The van der Waals surface area contributed by atoms with Crippen LogP contribution in [0, 0.1) is 0 Å². The van der Waals surface area contributed by atoms with E-state index in [0.717, 1.165) is 31.8 Å². The van der Waals surface area contributed by atoms with E-state index < -0.39 is 14.6 Å². The van der Waals surface area contributed by atoms with E-state index in [2.05, 4.69) is 46.0 Å². The van der Waals surface area contributed by atoms with Crippen LogP contribution in [0.1, 0.15) is 32.6 Å². The molecule has 1 aliphatic heterocycles. The molecule has 1 aliphatic rings. The Balaban J connectivity index is 1.78. The maximum atomic E-state index is 10.6. The minimum atomic E-state index is -1.92. The molecule has 3 aromatic rings. The van der Waals surface area contributed by atoms with Gasteiger partial charge in [-0.15, -0.1) is 11.3 Å². The third kappa shape index (κ3) is 2.75. The third-order valence-electron chi connectivity index (χ3n) is 5.50. The Bertz CT molecular complexity index is 985. The van der Waals surface area contributed by atoms with Crippen molar-refractivity contribution in [1.82, 2.24) is 0 Å². The first-order valence-electron chi connectivity index (χ1n) is 8.87. The molecule has 2 aromatic carbocycles. The molecule has 0 spiro atoms. The van der Waals surface area contributed by atoms with Gasteiger partial charge in [0, 0.05) is 32.2 Å². The highest BCUT2D eigenvalue weighted by Gasteiger charge is 2.39. The fraction of sp³-hybridized carbons (Fsp3) is 0.333. The molecular weight excluding hydrogens is 360 g/mol. The normalized spacial score (nSPS) is 16.8. The molecule has 0 aliphatic carbocycles. The molecule has 1 atom stereocenters. The summed E-state index contributed by atoms with van der Waals surface area (Å²) in [6.07, 6.45) is -0.947. The summed E-state index contributed by atoms with van der Waals surface area (Å²) >= 11 is 1.70. The van der Waals surface area contributed by atoms with Gasteiger partial charge in [-0.3, -0.25) is 0 Å². The maximum Gasteiger partial charge on any atom is 0.250 e. The molecule has 0 bridgehead atoms. The number of benzene rings is 2. The third-order valence-corrected chi connectivity index (χ3v) is 11.1. The van der Waals surface area contributed by atoms with Gasteiger partial charge >= 0.3 is 0 Å². The van der Waals surface area contributed by atoms with Crippen LogP contribution in [-0.2, 0) is 0 Å². The summed E-state index contributed by atoms with van der Waals surface area (Å²) in [6, 6.07) is 14.1. The summed E-state index contributed by atoms with van der Waals surface area (Å²) in [4.78, 5) is 1.08. The van der Waals surface area contributed by atoms with Crippen LogP contribution in [0.2, 0.25) is 18.1 Å². The Hall–Kier alpha value is -1.82. The number of aliphatic hydroxyl groups is 1. The van der Waals surface area contributed by atoms with E-state index in [1.54, 1.807) is 11.3 Å². The van der Waals surface area contributed by atoms with Gasteiger partial charge in [0.1, 0.15) is 11.5 Å². The molecule has 1 aromatic heterocycles. The average Bonchev–Trinajstić information content (AvgIpc) is 2.93. The van der Waals surface area contributed by atoms with E-state index in [1.807, 2.05) is 30.3 Å². The standard InChI is InChI=1S/C21H24O3SSi/c1-21(2,3)26(4,5)24-13-10-11-14-16(12-13)23-20(22)18-15-8-6-7-9-17(15)25-19(14)18/h6-12,20,22H,1-5H3. The summed E-state index contributed by atoms with van der Waals surface area (Å²) in [5.41, 5.74) is 1.89. The molecule has 4 rings (SSSR count). The van der Waals surface area contributed by atoms with Gasteiger partial charge in [0.2, 0.25) is 14.6 Å². The van der Waals surface area contributed by atoms with Crippen LogP contribution in [0.15, 0.2) is 42.5 Å². The number of fused-ring (bicyclic) bond motifs is 5. The van der Waals surface area contributed by atoms with Crippen LogP contribution in [0.3, 0.4) is 0 Å². The van der Waals surface area contributed by atoms with E-state index in [0.29, 0.717) is 5.75 Å². The zero-order valence-corrected chi connectivity index (χ0v) is 17.6. The van der Waals surface area contributed by atoms with Gasteiger partial charge < -0.3 is 14.3 Å². The molecule has 0 saturated heterocycles. The zero-order valence-electron chi connectivity index (χ0n) is 15.8. The molecule has 136 valence electrons. The molecule has 0 radical (unpaired) electrons. The molecule has 3 nitrogen and oxygen atoms in total. The van der Waals surface area contributed by atoms with Gasteiger partial charge in [0.25, 0.3) is 0 Å². The molecule has 1 N–H and O–H groups in total. The van der Waals surface area contributed by atoms with Crippen molar-refractivity contribution in [3.63, 3.8) is 0 Å². The number of aliphatic hydroxyl groups excluding tert-OH is 1. The number of thiophene rings is 1. The molecule has 1 unspecified atom stereocenters. The van der Waals surface area contributed by atoms with E-state index in [1.165, 1.54) is 0 Å².